The zero-order chi connectivity index (χ0) is 11.6. The predicted molar refractivity (Wildman–Crippen MR) is 63.3 cm³/mol. The SMILES string of the molecule is Cc1sc(N)c(C(=O)OCC(C)C)c1C. The fourth-order valence-electron chi connectivity index (χ4n) is 1.22. The summed E-state index contributed by atoms with van der Waals surface area (Å²) in [5, 5.41) is 0.554. The minimum Gasteiger partial charge on any atom is -0.462 e. The van der Waals surface area contributed by atoms with Gasteiger partial charge in [-0.3, -0.25) is 0 Å². The van der Waals surface area contributed by atoms with Gasteiger partial charge in [-0.25, -0.2) is 4.79 Å². The maximum absolute atomic E-state index is 11.7. The number of anilines is 1. The van der Waals surface area contributed by atoms with Crippen LogP contribution in [0.3, 0.4) is 0 Å². The standard InChI is InChI=1S/C11H17NO2S/c1-6(2)5-14-11(13)9-7(3)8(4)15-10(9)12/h6H,5,12H2,1-4H3. The Bertz CT molecular complexity index is 369. The van der Waals surface area contributed by atoms with E-state index in [1.807, 2.05) is 27.7 Å². The van der Waals surface area contributed by atoms with Crippen LogP contribution in [-0.4, -0.2) is 12.6 Å². The molecule has 0 aliphatic rings. The Morgan fingerprint density at radius 1 is 1.47 bits per heavy atom. The van der Waals surface area contributed by atoms with Gasteiger partial charge in [0.15, 0.2) is 0 Å². The first-order valence-corrected chi connectivity index (χ1v) is 5.77. The van der Waals surface area contributed by atoms with Crippen molar-refractivity contribution in [2.24, 2.45) is 5.92 Å². The molecule has 0 unspecified atom stereocenters. The van der Waals surface area contributed by atoms with Crippen molar-refractivity contribution in [2.75, 3.05) is 12.3 Å². The van der Waals surface area contributed by atoms with E-state index in [2.05, 4.69) is 0 Å². The average molecular weight is 227 g/mol. The Morgan fingerprint density at radius 2 is 2.07 bits per heavy atom. The first kappa shape index (κ1) is 12.0. The molecule has 0 saturated carbocycles. The number of hydrogen-bond donors (Lipinski definition) is 1. The lowest BCUT2D eigenvalue weighted by Gasteiger charge is -2.07. The second-order valence-corrected chi connectivity index (χ2v) is 5.27. The molecule has 2 N–H and O–H groups in total. The Hall–Kier alpha value is -1.03. The molecule has 0 amide bonds. The lowest BCUT2D eigenvalue weighted by atomic mass is 10.1. The smallest absolute Gasteiger partial charge is 0.341 e. The normalized spacial score (nSPS) is 10.7. The minimum atomic E-state index is -0.303. The molecular weight excluding hydrogens is 210 g/mol. The van der Waals surface area contributed by atoms with Gasteiger partial charge in [-0.15, -0.1) is 11.3 Å². The number of rotatable bonds is 3. The summed E-state index contributed by atoms with van der Waals surface area (Å²) in [6.07, 6.45) is 0. The van der Waals surface area contributed by atoms with Gasteiger partial charge in [-0.2, -0.15) is 0 Å². The number of thiophene rings is 1. The van der Waals surface area contributed by atoms with Crippen molar-refractivity contribution in [1.82, 2.24) is 0 Å². The molecule has 0 radical (unpaired) electrons. The van der Waals surface area contributed by atoms with Gasteiger partial charge < -0.3 is 10.5 Å². The highest BCUT2D eigenvalue weighted by molar-refractivity contribution is 7.16. The first-order chi connectivity index (χ1) is 6.93. The molecule has 1 aromatic heterocycles. The summed E-state index contributed by atoms with van der Waals surface area (Å²) < 4.78 is 5.15. The monoisotopic (exact) mass is 227 g/mol. The Labute approximate surface area is 94.2 Å². The molecule has 0 aromatic carbocycles. The first-order valence-electron chi connectivity index (χ1n) is 4.96. The topological polar surface area (TPSA) is 52.3 Å². The molecule has 1 aromatic rings. The molecule has 0 atom stereocenters. The van der Waals surface area contributed by atoms with Gasteiger partial charge in [0.25, 0.3) is 0 Å². The van der Waals surface area contributed by atoms with Crippen molar-refractivity contribution in [3.63, 3.8) is 0 Å². The summed E-state index contributed by atoms with van der Waals surface area (Å²) >= 11 is 1.44. The van der Waals surface area contributed by atoms with Gasteiger partial charge in [-0.1, -0.05) is 13.8 Å². The summed E-state index contributed by atoms with van der Waals surface area (Å²) in [5.41, 5.74) is 7.24. The third-order valence-corrected chi connectivity index (χ3v) is 3.20. The third-order valence-electron chi connectivity index (χ3n) is 2.16. The molecule has 0 saturated heterocycles. The summed E-state index contributed by atoms with van der Waals surface area (Å²) in [7, 11) is 0. The van der Waals surface area contributed by atoms with Crippen LogP contribution < -0.4 is 5.73 Å². The van der Waals surface area contributed by atoms with Crippen LogP contribution in [0, 0.1) is 19.8 Å². The van der Waals surface area contributed by atoms with Gasteiger partial charge in [0.05, 0.1) is 12.2 Å². The Morgan fingerprint density at radius 3 is 2.47 bits per heavy atom. The highest BCUT2D eigenvalue weighted by Crippen LogP contribution is 2.30. The van der Waals surface area contributed by atoms with Crippen LogP contribution in [0.25, 0.3) is 0 Å². The van der Waals surface area contributed by atoms with E-state index < -0.39 is 0 Å². The molecule has 15 heavy (non-hydrogen) atoms. The van der Waals surface area contributed by atoms with E-state index in [0.717, 1.165) is 10.4 Å². The lowest BCUT2D eigenvalue weighted by molar-refractivity contribution is 0.0460. The summed E-state index contributed by atoms with van der Waals surface area (Å²) in [4.78, 5) is 12.8. The second-order valence-electron chi connectivity index (χ2n) is 4.01. The highest BCUT2D eigenvalue weighted by Gasteiger charge is 2.18. The van der Waals surface area contributed by atoms with E-state index in [1.54, 1.807) is 0 Å². The number of hydrogen-bond acceptors (Lipinski definition) is 4. The van der Waals surface area contributed by atoms with Crippen LogP contribution in [0.5, 0.6) is 0 Å². The maximum atomic E-state index is 11.7. The predicted octanol–water partition coefficient (Wildman–Crippen LogP) is 2.76. The van der Waals surface area contributed by atoms with E-state index in [1.165, 1.54) is 11.3 Å². The van der Waals surface area contributed by atoms with Crippen LogP contribution in [0.2, 0.25) is 0 Å². The van der Waals surface area contributed by atoms with Crippen LogP contribution in [0.15, 0.2) is 0 Å². The molecular formula is C11H17NO2S. The van der Waals surface area contributed by atoms with Gasteiger partial charge >= 0.3 is 5.97 Å². The Balaban J connectivity index is 2.82. The fourth-order valence-corrected chi connectivity index (χ4v) is 2.15. The van der Waals surface area contributed by atoms with Crippen molar-refractivity contribution in [3.8, 4) is 0 Å². The number of carbonyl (C=O) groups excluding carboxylic acids is 1. The molecule has 1 rings (SSSR count). The molecule has 0 bridgehead atoms. The van der Waals surface area contributed by atoms with Crippen molar-refractivity contribution < 1.29 is 9.53 Å². The van der Waals surface area contributed by atoms with Gasteiger partial charge in [0.2, 0.25) is 0 Å². The summed E-state index contributed by atoms with van der Waals surface area (Å²) in [5.74, 6) is 0.0401. The second kappa shape index (κ2) is 4.66. The minimum absolute atomic E-state index is 0.303. The number of nitrogens with two attached hydrogens (primary N) is 1. The van der Waals surface area contributed by atoms with Crippen molar-refractivity contribution in [1.29, 1.82) is 0 Å². The molecule has 0 aliphatic carbocycles. The zero-order valence-corrected chi connectivity index (χ0v) is 10.4. The number of ether oxygens (including phenoxy) is 1. The molecule has 4 heteroatoms. The van der Waals surface area contributed by atoms with E-state index >= 15 is 0 Å². The van der Waals surface area contributed by atoms with E-state index in [0.29, 0.717) is 23.1 Å². The van der Waals surface area contributed by atoms with Crippen molar-refractivity contribution in [2.45, 2.75) is 27.7 Å². The number of esters is 1. The molecule has 3 nitrogen and oxygen atoms in total. The van der Waals surface area contributed by atoms with Crippen LogP contribution in [0.1, 0.15) is 34.6 Å². The van der Waals surface area contributed by atoms with Crippen LogP contribution in [-0.2, 0) is 4.74 Å². The van der Waals surface area contributed by atoms with Crippen molar-refractivity contribution >= 4 is 22.3 Å². The fraction of sp³-hybridized carbons (Fsp3) is 0.545. The maximum Gasteiger partial charge on any atom is 0.341 e. The summed E-state index contributed by atoms with van der Waals surface area (Å²) in [6, 6.07) is 0. The molecule has 1 heterocycles. The summed E-state index contributed by atoms with van der Waals surface area (Å²) in [6.45, 7) is 8.29. The van der Waals surface area contributed by atoms with Gasteiger partial charge in [0, 0.05) is 4.88 Å². The molecule has 84 valence electrons. The van der Waals surface area contributed by atoms with Crippen molar-refractivity contribution in [3.05, 3.63) is 16.0 Å². The molecule has 0 fully saturated rings. The lowest BCUT2D eigenvalue weighted by Crippen LogP contribution is -2.11. The number of nitrogen functional groups attached to an aromatic ring is 1. The van der Waals surface area contributed by atoms with Crippen LogP contribution in [0.4, 0.5) is 5.00 Å². The number of carbonyl (C=O) groups is 1. The van der Waals surface area contributed by atoms with Gasteiger partial charge in [0.1, 0.15) is 5.00 Å². The third kappa shape index (κ3) is 2.72. The van der Waals surface area contributed by atoms with E-state index in [-0.39, 0.29) is 5.97 Å². The van der Waals surface area contributed by atoms with Crippen LogP contribution >= 0.6 is 11.3 Å². The largest absolute Gasteiger partial charge is 0.462 e. The quantitative estimate of drug-likeness (QED) is 0.808. The zero-order valence-electron chi connectivity index (χ0n) is 9.59. The molecule has 0 aliphatic heterocycles. The Kier molecular flexibility index (Phi) is 3.74. The highest BCUT2D eigenvalue weighted by atomic mass is 32.1. The number of aryl methyl sites for hydroxylation is 1. The van der Waals surface area contributed by atoms with Gasteiger partial charge in [-0.05, 0) is 25.3 Å². The average Bonchev–Trinajstić information content (AvgIpc) is 2.37. The van der Waals surface area contributed by atoms with E-state index in [4.69, 9.17) is 10.5 Å². The van der Waals surface area contributed by atoms with E-state index in [9.17, 15) is 4.79 Å². The molecule has 0 spiro atoms.